The van der Waals surface area contributed by atoms with Gasteiger partial charge in [-0.15, -0.1) is 0 Å². The third kappa shape index (κ3) is 5.79. The lowest BCUT2D eigenvalue weighted by molar-refractivity contribution is 0.512. The van der Waals surface area contributed by atoms with Crippen molar-refractivity contribution in [2.75, 3.05) is 12.3 Å². The summed E-state index contributed by atoms with van der Waals surface area (Å²) in [6.45, 7) is 10.3. The Morgan fingerprint density at radius 2 is 1.67 bits per heavy atom. The van der Waals surface area contributed by atoms with E-state index in [9.17, 15) is 8.42 Å². The van der Waals surface area contributed by atoms with Gasteiger partial charge in [0.25, 0.3) is 0 Å². The van der Waals surface area contributed by atoms with Gasteiger partial charge in [-0.25, -0.2) is 8.42 Å². The van der Waals surface area contributed by atoms with Crippen LogP contribution in [-0.4, -0.2) is 31.5 Å². The van der Waals surface area contributed by atoms with Crippen molar-refractivity contribution in [2.45, 2.75) is 57.7 Å². The molecule has 0 radical (unpaired) electrons. The van der Waals surface area contributed by atoms with Crippen LogP contribution >= 0.6 is 0 Å². The summed E-state index contributed by atoms with van der Waals surface area (Å²) in [5, 5.41) is 3.42. The molecule has 1 unspecified atom stereocenters. The number of rotatable bonds is 7. The monoisotopic (exact) mass is 311 g/mol. The lowest BCUT2D eigenvalue weighted by atomic mass is 9.96. The van der Waals surface area contributed by atoms with E-state index >= 15 is 0 Å². The van der Waals surface area contributed by atoms with Crippen molar-refractivity contribution in [3.8, 4) is 0 Å². The molecular weight excluding hydrogens is 282 g/mol. The smallest absolute Gasteiger partial charge is 0.155 e. The summed E-state index contributed by atoms with van der Waals surface area (Å²) in [7, 11) is -3.07. The maximum absolute atomic E-state index is 12.3. The summed E-state index contributed by atoms with van der Waals surface area (Å²) >= 11 is 0. The van der Waals surface area contributed by atoms with Crippen molar-refractivity contribution in [2.24, 2.45) is 0 Å². The van der Waals surface area contributed by atoms with Gasteiger partial charge in [-0.1, -0.05) is 44.2 Å². The zero-order valence-corrected chi connectivity index (χ0v) is 14.7. The predicted octanol–water partition coefficient (Wildman–Crippen LogP) is 3.37. The molecule has 4 heteroatoms. The van der Waals surface area contributed by atoms with E-state index in [1.54, 1.807) is 20.8 Å². The van der Waals surface area contributed by atoms with Crippen molar-refractivity contribution in [1.29, 1.82) is 0 Å². The number of hydrogen-bond acceptors (Lipinski definition) is 3. The molecule has 120 valence electrons. The van der Waals surface area contributed by atoms with Gasteiger partial charge in [0.1, 0.15) is 0 Å². The molecule has 0 spiro atoms. The predicted molar refractivity (Wildman–Crippen MR) is 90.5 cm³/mol. The van der Waals surface area contributed by atoms with E-state index in [2.05, 4.69) is 31.3 Å². The maximum Gasteiger partial charge on any atom is 0.155 e. The maximum atomic E-state index is 12.3. The summed E-state index contributed by atoms with van der Waals surface area (Å²) in [5.74, 6) is 0.460. The van der Waals surface area contributed by atoms with E-state index in [-0.39, 0.29) is 11.7 Å². The standard InChI is InChI=1S/C17H29NO2S/c1-14(2)18-13-16(15-9-7-6-8-10-15)11-12-21(19,20)17(3,4)5/h6-10,14,16,18H,11-13H2,1-5H3. The van der Waals surface area contributed by atoms with Crippen LogP contribution in [0.2, 0.25) is 0 Å². The van der Waals surface area contributed by atoms with Crippen LogP contribution in [0.15, 0.2) is 30.3 Å². The van der Waals surface area contributed by atoms with Gasteiger partial charge in [-0.3, -0.25) is 0 Å². The van der Waals surface area contributed by atoms with Crippen molar-refractivity contribution >= 4 is 9.84 Å². The van der Waals surface area contributed by atoms with Gasteiger partial charge in [0.2, 0.25) is 0 Å². The highest BCUT2D eigenvalue weighted by Crippen LogP contribution is 2.23. The minimum absolute atomic E-state index is 0.228. The zero-order valence-electron chi connectivity index (χ0n) is 13.9. The summed E-state index contributed by atoms with van der Waals surface area (Å²) in [4.78, 5) is 0. The van der Waals surface area contributed by atoms with Crippen molar-refractivity contribution in [1.82, 2.24) is 5.32 Å². The Morgan fingerprint density at radius 1 is 1.10 bits per heavy atom. The Labute approximate surface area is 130 Å². The van der Waals surface area contributed by atoms with Gasteiger partial charge in [0.15, 0.2) is 9.84 Å². The molecule has 21 heavy (non-hydrogen) atoms. The number of hydrogen-bond donors (Lipinski definition) is 1. The van der Waals surface area contributed by atoms with E-state index in [4.69, 9.17) is 0 Å². The summed E-state index contributed by atoms with van der Waals surface area (Å²) < 4.78 is 23.9. The molecule has 0 aliphatic rings. The second-order valence-corrected chi connectivity index (χ2v) is 9.75. The topological polar surface area (TPSA) is 46.2 Å². The minimum atomic E-state index is -3.07. The lowest BCUT2D eigenvalue weighted by Gasteiger charge is -2.23. The van der Waals surface area contributed by atoms with Crippen LogP contribution in [0, 0.1) is 0 Å². The Balaban J connectivity index is 2.80. The molecule has 1 N–H and O–H groups in total. The quantitative estimate of drug-likeness (QED) is 0.840. The highest BCUT2D eigenvalue weighted by Gasteiger charge is 2.29. The number of sulfone groups is 1. The fourth-order valence-electron chi connectivity index (χ4n) is 2.09. The molecule has 0 aliphatic heterocycles. The van der Waals surface area contributed by atoms with E-state index in [1.807, 2.05) is 18.2 Å². The fraction of sp³-hybridized carbons (Fsp3) is 0.647. The zero-order chi connectivity index (χ0) is 16.1. The molecule has 0 saturated heterocycles. The van der Waals surface area contributed by atoms with Crippen LogP contribution in [0.25, 0.3) is 0 Å². The third-order valence-electron chi connectivity index (χ3n) is 3.71. The molecule has 0 fully saturated rings. The molecule has 1 aromatic rings. The van der Waals surface area contributed by atoms with Crippen LogP contribution in [0.4, 0.5) is 0 Å². The van der Waals surface area contributed by atoms with Gasteiger partial charge < -0.3 is 5.32 Å². The first-order chi connectivity index (χ1) is 9.63. The molecular formula is C17H29NO2S. The van der Waals surface area contributed by atoms with E-state index < -0.39 is 14.6 Å². The molecule has 0 aromatic heterocycles. The van der Waals surface area contributed by atoms with Crippen molar-refractivity contribution in [3.05, 3.63) is 35.9 Å². The molecule has 1 aromatic carbocycles. The first-order valence-corrected chi connectivity index (χ1v) is 9.29. The van der Waals surface area contributed by atoms with Crippen LogP contribution in [-0.2, 0) is 9.84 Å². The SMILES string of the molecule is CC(C)NCC(CCS(=O)(=O)C(C)(C)C)c1ccccc1. The molecule has 3 nitrogen and oxygen atoms in total. The van der Waals surface area contributed by atoms with Gasteiger partial charge in [-0.2, -0.15) is 0 Å². The second kappa shape index (κ2) is 7.41. The number of nitrogens with one attached hydrogen (secondary N) is 1. The average molecular weight is 311 g/mol. The molecule has 1 rings (SSSR count). The Kier molecular flexibility index (Phi) is 6.41. The average Bonchev–Trinajstić information content (AvgIpc) is 2.38. The molecule has 0 heterocycles. The first-order valence-electron chi connectivity index (χ1n) is 7.64. The van der Waals surface area contributed by atoms with Crippen molar-refractivity contribution < 1.29 is 8.42 Å². The van der Waals surface area contributed by atoms with Gasteiger partial charge in [0, 0.05) is 12.6 Å². The molecule has 0 bridgehead atoms. The first kappa shape index (κ1) is 18.2. The van der Waals surface area contributed by atoms with Gasteiger partial charge in [-0.05, 0) is 38.7 Å². The van der Waals surface area contributed by atoms with Crippen molar-refractivity contribution in [3.63, 3.8) is 0 Å². The molecule has 0 saturated carbocycles. The largest absolute Gasteiger partial charge is 0.314 e. The van der Waals surface area contributed by atoms with E-state index in [1.165, 1.54) is 5.56 Å². The fourth-order valence-corrected chi connectivity index (χ4v) is 3.30. The van der Waals surface area contributed by atoms with Crippen LogP contribution in [0.3, 0.4) is 0 Å². The summed E-state index contributed by atoms with van der Waals surface area (Å²) in [6.07, 6.45) is 0.656. The van der Waals surface area contributed by atoms with E-state index in [0.29, 0.717) is 12.5 Å². The summed E-state index contributed by atoms with van der Waals surface area (Å²) in [6, 6.07) is 10.6. The van der Waals surface area contributed by atoms with Gasteiger partial charge in [0.05, 0.1) is 10.5 Å². The highest BCUT2D eigenvalue weighted by atomic mass is 32.2. The Morgan fingerprint density at radius 3 is 2.14 bits per heavy atom. The Bertz CT molecular complexity index is 515. The normalized spacial score (nSPS) is 14.4. The second-order valence-electron chi connectivity index (χ2n) is 6.89. The van der Waals surface area contributed by atoms with Crippen LogP contribution < -0.4 is 5.32 Å². The van der Waals surface area contributed by atoms with Crippen LogP contribution in [0.1, 0.15) is 52.5 Å². The highest BCUT2D eigenvalue weighted by molar-refractivity contribution is 7.92. The van der Waals surface area contributed by atoms with Gasteiger partial charge >= 0.3 is 0 Å². The molecule has 0 aliphatic carbocycles. The summed E-state index contributed by atoms with van der Waals surface area (Å²) in [5.41, 5.74) is 1.20. The number of benzene rings is 1. The van der Waals surface area contributed by atoms with Crippen LogP contribution in [0.5, 0.6) is 0 Å². The molecule has 1 atom stereocenters. The Hall–Kier alpha value is -0.870. The third-order valence-corrected chi connectivity index (χ3v) is 6.35. The minimum Gasteiger partial charge on any atom is -0.314 e. The lowest BCUT2D eigenvalue weighted by Crippen LogP contribution is -2.33. The van der Waals surface area contributed by atoms with E-state index in [0.717, 1.165) is 6.54 Å². The molecule has 0 amide bonds.